The molecule has 5 heteroatoms. The van der Waals surface area contributed by atoms with E-state index in [-0.39, 0.29) is 17.6 Å². The summed E-state index contributed by atoms with van der Waals surface area (Å²) in [5.74, 6) is 0.293. The summed E-state index contributed by atoms with van der Waals surface area (Å²) in [6, 6.07) is 8.54. The molecular formula is C15H21NO3S. The number of rotatable bonds is 4. The van der Waals surface area contributed by atoms with Crippen LogP contribution in [-0.4, -0.2) is 38.1 Å². The van der Waals surface area contributed by atoms with Crippen molar-refractivity contribution in [2.24, 2.45) is 5.92 Å². The summed E-state index contributed by atoms with van der Waals surface area (Å²) in [6.45, 7) is 3.17. The Balaban J connectivity index is 2.04. The number of benzene rings is 1. The van der Waals surface area contributed by atoms with Gasteiger partial charge < -0.3 is 4.90 Å². The summed E-state index contributed by atoms with van der Waals surface area (Å²) in [5.41, 5.74) is 0. The van der Waals surface area contributed by atoms with Crippen molar-refractivity contribution in [1.29, 1.82) is 0 Å². The molecule has 1 heterocycles. The van der Waals surface area contributed by atoms with Gasteiger partial charge in [-0.25, -0.2) is 8.42 Å². The molecule has 1 fully saturated rings. The molecule has 1 aromatic rings. The van der Waals surface area contributed by atoms with Crippen molar-refractivity contribution in [2.75, 3.05) is 18.8 Å². The highest BCUT2D eigenvalue weighted by molar-refractivity contribution is 7.91. The van der Waals surface area contributed by atoms with Gasteiger partial charge in [-0.1, -0.05) is 25.1 Å². The van der Waals surface area contributed by atoms with Crippen LogP contribution in [0.4, 0.5) is 0 Å². The lowest BCUT2D eigenvalue weighted by Crippen LogP contribution is -2.41. The van der Waals surface area contributed by atoms with E-state index in [0.717, 1.165) is 19.4 Å². The summed E-state index contributed by atoms with van der Waals surface area (Å²) in [7, 11) is -3.25. The van der Waals surface area contributed by atoms with E-state index in [4.69, 9.17) is 0 Å². The first kappa shape index (κ1) is 15.0. The number of hydrogen-bond acceptors (Lipinski definition) is 3. The molecule has 0 bridgehead atoms. The fourth-order valence-electron chi connectivity index (χ4n) is 2.69. The predicted octanol–water partition coefficient (Wildman–Crippen LogP) is 2.11. The van der Waals surface area contributed by atoms with Crippen molar-refractivity contribution in [2.45, 2.75) is 31.1 Å². The maximum Gasteiger partial charge on any atom is 0.222 e. The second kappa shape index (κ2) is 6.39. The molecule has 0 N–H and O–H groups in total. The van der Waals surface area contributed by atoms with E-state index in [1.807, 2.05) is 6.92 Å². The maximum atomic E-state index is 12.3. The van der Waals surface area contributed by atoms with Crippen LogP contribution in [0.1, 0.15) is 26.2 Å². The summed E-state index contributed by atoms with van der Waals surface area (Å²) < 4.78 is 24.7. The topological polar surface area (TPSA) is 54.5 Å². The first-order chi connectivity index (χ1) is 9.53. The molecule has 1 aliphatic heterocycles. The highest BCUT2D eigenvalue weighted by Gasteiger charge is 2.27. The smallest absolute Gasteiger partial charge is 0.222 e. The Bertz CT molecular complexity index is 554. The Morgan fingerprint density at radius 2 is 2.00 bits per heavy atom. The van der Waals surface area contributed by atoms with Gasteiger partial charge in [-0.2, -0.15) is 0 Å². The standard InChI is InChI=1S/C15H21NO3S/c1-2-15(17)16-10-6-7-13(11-16)12-20(18,19)14-8-4-3-5-9-14/h3-5,8-9,13H,2,6-7,10-12H2,1H3. The summed E-state index contributed by atoms with van der Waals surface area (Å²) >= 11 is 0. The Hall–Kier alpha value is -1.36. The quantitative estimate of drug-likeness (QED) is 0.855. The number of carbonyl (C=O) groups is 1. The van der Waals surface area contributed by atoms with Crippen LogP contribution in [-0.2, 0) is 14.6 Å². The lowest BCUT2D eigenvalue weighted by Gasteiger charge is -2.32. The number of sulfone groups is 1. The van der Waals surface area contributed by atoms with E-state index in [2.05, 4.69) is 0 Å². The van der Waals surface area contributed by atoms with Gasteiger partial charge in [0, 0.05) is 19.5 Å². The normalized spacial score (nSPS) is 19.9. The zero-order valence-corrected chi connectivity index (χ0v) is 12.6. The minimum Gasteiger partial charge on any atom is -0.342 e. The SMILES string of the molecule is CCC(=O)N1CCCC(CS(=O)(=O)c2ccccc2)C1. The lowest BCUT2D eigenvalue weighted by molar-refractivity contribution is -0.132. The van der Waals surface area contributed by atoms with Gasteiger partial charge in [-0.15, -0.1) is 0 Å². The number of nitrogens with zero attached hydrogens (tertiary/aromatic N) is 1. The van der Waals surface area contributed by atoms with Gasteiger partial charge in [-0.3, -0.25) is 4.79 Å². The third kappa shape index (κ3) is 3.60. The first-order valence-electron chi connectivity index (χ1n) is 7.08. The van der Waals surface area contributed by atoms with Gasteiger partial charge >= 0.3 is 0 Å². The molecule has 0 aliphatic carbocycles. The van der Waals surface area contributed by atoms with E-state index in [1.54, 1.807) is 35.2 Å². The van der Waals surface area contributed by atoms with E-state index >= 15 is 0 Å². The molecule has 1 unspecified atom stereocenters. The fraction of sp³-hybridized carbons (Fsp3) is 0.533. The van der Waals surface area contributed by atoms with E-state index < -0.39 is 9.84 Å². The molecule has 1 saturated heterocycles. The van der Waals surface area contributed by atoms with Gasteiger partial charge in [0.2, 0.25) is 5.91 Å². The molecule has 0 saturated carbocycles. The van der Waals surface area contributed by atoms with Crippen molar-refractivity contribution in [1.82, 2.24) is 4.90 Å². The predicted molar refractivity (Wildman–Crippen MR) is 78.1 cm³/mol. The molecule has 0 radical (unpaired) electrons. The van der Waals surface area contributed by atoms with Crippen LogP contribution in [0.25, 0.3) is 0 Å². The van der Waals surface area contributed by atoms with Crippen LogP contribution in [0.5, 0.6) is 0 Å². The van der Waals surface area contributed by atoms with Crippen molar-refractivity contribution < 1.29 is 13.2 Å². The zero-order valence-electron chi connectivity index (χ0n) is 11.8. The molecular weight excluding hydrogens is 274 g/mol. The highest BCUT2D eigenvalue weighted by Crippen LogP contribution is 2.22. The second-order valence-electron chi connectivity index (χ2n) is 5.30. The summed E-state index contributed by atoms with van der Waals surface area (Å²) in [4.78, 5) is 13.9. The van der Waals surface area contributed by atoms with Gasteiger partial charge in [0.25, 0.3) is 0 Å². The maximum absolute atomic E-state index is 12.3. The van der Waals surface area contributed by atoms with Crippen molar-refractivity contribution >= 4 is 15.7 Å². The van der Waals surface area contributed by atoms with Crippen molar-refractivity contribution in [3.8, 4) is 0 Å². The average Bonchev–Trinajstić information content (AvgIpc) is 2.47. The number of piperidine rings is 1. The van der Waals surface area contributed by atoms with Crippen molar-refractivity contribution in [3.63, 3.8) is 0 Å². The Kier molecular flexibility index (Phi) is 4.81. The molecule has 1 aliphatic rings. The molecule has 20 heavy (non-hydrogen) atoms. The van der Waals surface area contributed by atoms with Crippen LogP contribution < -0.4 is 0 Å². The average molecular weight is 295 g/mol. The third-order valence-electron chi connectivity index (χ3n) is 3.73. The highest BCUT2D eigenvalue weighted by atomic mass is 32.2. The van der Waals surface area contributed by atoms with Crippen LogP contribution in [0.2, 0.25) is 0 Å². The van der Waals surface area contributed by atoms with Crippen LogP contribution in [0, 0.1) is 5.92 Å². The Labute approximate surface area is 120 Å². The first-order valence-corrected chi connectivity index (χ1v) is 8.73. The van der Waals surface area contributed by atoms with E-state index in [1.165, 1.54) is 0 Å². The summed E-state index contributed by atoms with van der Waals surface area (Å²) in [5, 5.41) is 0. The second-order valence-corrected chi connectivity index (χ2v) is 7.33. The Morgan fingerprint density at radius 1 is 1.30 bits per heavy atom. The Morgan fingerprint density at radius 3 is 2.65 bits per heavy atom. The summed E-state index contributed by atoms with van der Waals surface area (Å²) in [6.07, 6.45) is 2.25. The van der Waals surface area contributed by atoms with E-state index in [9.17, 15) is 13.2 Å². The van der Waals surface area contributed by atoms with Crippen LogP contribution in [0.3, 0.4) is 0 Å². The molecule has 2 rings (SSSR count). The largest absolute Gasteiger partial charge is 0.342 e. The molecule has 1 atom stereocenters. The number of hydrogen-bond donors (Lipinski definition) is 0. The van der Waals surface area contributed by atoms with Crippen LogP contribution in [0.15, 0.2) is 35.2 Å². The monoisotopic (exact) mass is 295 g/mol. The molecule has 0 spiro atoms. The van der Waals surface area contributed by atoms with Gasteiger partial charge in [0.05, 0.1) is 10.6 Å². The number of amides is 1. The number of likely N-dealkylation sites (tertiary alicyclic amines) is 1. The van der Waals surface area contributed by atoms with Gasteiger partial charge in [-0.05, 0) is 30.9 Å². The zero-order chi connectivity index (χ0) is 14.6. The van der Waals surface area contributed by atoms with Gasteiger partial charge in [0.1, 0.15) is 0 Å². The third-order valence-corrected chi connectivity index (χ3v) is 5.63. The van der Waals surface area contributed by atoms with Crippen LogP contribution >= 0.6 is 0 Å². The molecule has 110 valence electrons. The minimum absolute atomic E-state index is 0.0458. The minimum atomic E-state index is -3.25. The molecule has 1 amide bonds. The molecule has 0 aromatic heterocycles. The van der Waals surface area contributed by atoms with Gasteiger partial charge in [0.15, 0.2) is 9.84 Å². The number of carbonyl (C=O) groups excluding carboxylic acids is 1. The van der Waals surface area contributed by atoms with E-state index in [0.29, 0.717) is 17.9 Å². The molecule has 1 aromatic carbocycles. The fourth-order valence-corrected chi connectivity index (χ4v) is 4.34. The van der Waals surface area contributed by atoms with Crippen molar-refractivity contribution in [3.05, 3.63) is 30.3 Å². The lowest BCUT2D eigenvalue weighted by atomic mass is 10.00. The molecule has 4 nitrogen and oxygen atoms in total.